The summed E-state index contributed by atoms with van der Waals surface area (Å²) in [6, 6.07) is 17.2. The highest BCUT2D eigenvalue weighted by molar-refractivity contribution is 7.49. The molecule has 334 valence electrons. The molecule has 4 aromatic rings. The molecule has 3 aromatic heterocycles. The van der Waals surface area contributed by atoms with Crippen molar-refractivity contribution in [1.82, 2.24) is 19.6 Å². The summed E-state index contributed by atoms with van der Waals surface area (Å²) in [6.07, 6.45) is 13.8. The van der Waals surface area contributed by atoms with Gasteiger partial charge in [0, 0.05) is 6.61 Å². The van der Waals surface area contributed by atoms with Crippen LogP contribution in [0.4, 0.5) is 5.82 Å². The lowest BCUT2D eigenvalue weighted by Crippen LogP contribution is -2.46. The molecule has 0 bridgehead atoms. The minimum Gasteiger partial charge on any atom is -0.484 e. The molecule has 16 nitrogen and oxygen atoms in total. The van der Waals surface area contributed by atoms with Crippen LogP contribution in [0.5, 0.6) is 11.5 Å². The zero-order valence-corrected chi connectivity index (χ0v) is 37.3. The molecule has 62 heavy (non-hydrogen) atoms. The second-order valence-corrected chi connectivity index (χ2v) is 18.0. The van der Waals surface area contributed by atoms with Gasteiger partial charge in [-0.15, -0.1) is 0 Å². The minimum atomic E-state index is -4.66. The largest absolute Gasteiger partial charge is 0.530 e. The number of anilines is 1. The predicted molar refractivity (Wildman–Crippen MR) is 230 cm³/mol. The Balaban J connectivity index is 1.13. The molecule has 0 saturated carbocycles. The average molecular weight is 894 g/mol. The van der Waals surface area contributed by atoms with Gasteiger partial charge in [0.2, 0.25) is 5.60 Å². The van der Waals surface area contributed by atoms with Gasteiger partial charge in [-0.1, -0.05) is 101 Å². The minimum absolute atomic E-state index is 0.0158. The van der Waals surface area contributed by atoms with Crippen LogP contribution in [0.2, 0.25) is 5.02 Å². The number of nitrogens with zero attached hydrogens (tertiary/aromatic N) is 6. The van der Waals surface area contributed by atoms with Gasteiger partial charge in [0.05, 0.1) is 30.1 Å². The molecule has 6 atom stereocenters. The maximum atomic E-state index is 14.8. The van der Waals surface area contributed by atoms with E-state index in [9.17, 15) is 15.1 Å². The van der Waals surface area contributed by atoms with Gasteiger partial charge < -0.3 is 33.9 Å². The van der Waals surface area contributed by atoms with E-state index in [1.54, 1.807) is 54.8 Å². The zero-order valence-electron chi connectivity index (χ0n) is 35.7. The number of benzene rings is 1. The van der Waals surface area contributed by atoms with E-state index in [0.717, 1.165) is 19.3 Å². The Hall–Kier alpha value is -4.35. The van der Waals surface area contributed by atoms with Gasteiger partial charge in [-0.05, 0) is 56.7 Å². The number of ether oxygens (including phenoxy) is 5. The number of aromatic nitrogens is 4. The molecule has 18 heteroatoms. The summed E-state index contributed by atoms with van der Waals surface area (Å²) in [7, 11) is -4.66. The molecule has 0 spiro atoms. The van der Waals surface area contributed by atoms with Crippen LogP contribution in [0.3, 0.4) is 0 Å². The summed E-state index contributed by atoms with van der Waals surface area (Å²) in [5.41, 5.74) is 5.50. The van der Waals surface area contributed by atoms with Crippen molar-refractivity contribution in [1.29, 1.82) is 10.5 Å². The number of hydrogen-bond donors (Lipinski definition) is 1. The van der Waals surface area contributed by atoms with E-state index in [2.05, 4.69) is 28.1 Å². The second-order valence-electron chi connectivity index (χ2n) is 16.0. The lowest BCUT2D eigenvalue weighted by atomic mass is 9.96. The van der Waals surface area contributed by atoms with E-state index in [1.165, 1.54) is 82.4 Å². The number of nitrogen functional groups attached to an aromatic ring is 1. The molecule has 2 aliphatic heterocycles. The number of rotatable bonds is 26. The molecular formula is C44H57ClN7O9P. The quantitative estimate of drug-likeness (QED) is 0.0460. The van der Waals surface area contributed by atoms with Gasteiger partial charge in [0.1, 0.15) is 72.2 Å². The van der Waals surface area contributed by atoms with Gasteiger partial charge >= 0.3 is 7.82 Å². The van der Waals surface area contributed by atoms with Gasteiger partial charge in [-0.25, -0.2) is 19.0 Å². The molecule has 2 aliphatic rings. The predicted octanol–water partition coefficient (Wildman–Crippen LogP) is 9.47. The Morgan fingerprint density at radius 2 is 1.63 bits per heavy atom. The number of para-hydroxylation sites is 1. The number of hydrogen-bond acceptors (Lipinski definition) is 15. The van der Waals surface area contributed by atoms with Crippen molar-refractivity contribution in [3.63, 3.8) is 0 Å². The number of phosphoric ester groups is 1. The summed E-state index contributed by atoms with van der Waals surface area (Å²) in [4.78, 5) is 8.17. The van der Waals surface area contributed by atoms with Gasteiger partial charge in [0.25, 0.3) is 0 Å². The maximum absolute atomic E-state index is 14.8. The number of unbranched alkanes of at least 4 members (excludes halogenated alkanes) is 11. The van der Waals surface area contributed by atoms with Crippen molar-refractivity contribution in [2.75, 3.05) is 32.2 Å². The summed E-state index contributed by atoms with van der Waals surface area (Å²) in [6.45, 7) is 5.24. The first-order valence-corrected chi connectivity index (χ1v) is 23.3. The molecule has 0 amide bonds. The lowest BCUT2D eigenvalue weighted by Gasteiger charge is -2.30. The van der Waals surface area contributed by atoms with E-state index in [4.69, 9.17) is 54.6 Å². The molecule has 0 aliphatic carbocycles. The van der Waals surface area contributed by atoms with Crippen molar-refractivity contribution >= 4 is 30.8 Å². The summed E-state index contributed by atoms with van der Waals surface area (Å²) >= 11 is 6.45. The van der Waals surface area contributed by atoms with Crippen LogP contribution >= 0.6 is 19.4 Å². The van der Waals surface area contributed by atoms with Crippen molar-refractivity contribution in [3.8, 4) is 23.6 Å². The van der Waals surface area contributed by atoms with Crippen LogP contribution in [0.1, 0.15) is 115 Å². The number of fused-ring (bicyclic) bond motifs is 2. The molecule has 2 fully saturated rings. The van der Waals surface area contributed by atoms with E-state index < -0.39 is 50.2 Å². The maximum Gasteiger partial charge on any atom is 0.530 e. The smallest absolute Gasteiger partial charge is 0.484 e. The number of halogens is 1. The van der Waals surface area contributed by atoms with Gasteiger partial charge in [0.15, 0.2) is 11.6 Å². The highest BCUT2D eigenvalue weighted by atomic mass is 35.5. The standard InChI is InChI=1S/C44H57ClN7O9P/c1-4-5-6-7-8-9-10-11-12-13-14-17-24-54-27-34(57-33-21-20-32(25-46)49-26-33)28-55-62(53,61-38-19-16-15-18-35(38)45)56-30-44(29-47)41-40(58-43(2,3)60-41)39(59-44)36-22-23-37-42(48)50-31-51-52(36)37/h15-16,18-23,26,31,34,39-41H,4-14,17,24,27-28,30H2,1-3H3,(H2,48,50,51)/t34-,39?,40+,41+,44-,62?/m1/s1. The molecule has 0 radical (unpaired) electrons. The molecule has 1 aromatic carbocycles. The second kappa shape index (κ2) is 22.3. The summed E-state index contributed by atoms with van der Waals surface area (Å²) in [5, 5.41) is 24.6. The number of nitrogens with two attached hydrogens (primary N) is 1. The zero-order chi connectivity index (χ0) is 44.0. The van der Waals surface area contributed by atoms with Crippen LogP contribution < -0.4 is 15.0 Å². The monoisotopic (exact) mass is 893 g/mol. The van der Waals surface area contributed by atoms with Crippen LogP contribution in [0, 0.1) is 22.7 Å². The molecule has 2 unspecified atom stereocenters. The van der Waals surface area contributed by atoms with Crippen LogP contribution in [-0.2, 0) is 32.6 Å². The van der Waals surface area contributed by atoms with Crippen molar-refractivity contribution < 1.29 is 41.8 Å². The number of phosphoric acid groups is 1. The fourth-order valence-corrected chi connectivity index (χ4v) is 9.06. The first-order chi connectivity index (χ1) is 30.0. The Morgan fingerprint density at radius 3 is 2.31 bits per heavy atom. The third kappa shape index (κ3) is 12.4. The molecule has 6 rings (SSSR count). The number of nitriles is 2. The SMILES string of the molecule is CCCCCCCCCCCCCCOC[C@H](COP(=O)(OC[C@@]1(C#N)OC(c2ccc3c(N)ncnn23)[C@@H]2OC(C)(C)O[C@@H]21)Oc1ccccc1Cl)Oc1ccc(C#N)nc1. The average Bonchev–Trinajstić information content (AvgIpc) is 3.93. The summed E-state index contributed by atoms with van der Waals surface area (Å²) < 4.78 is 65.6. The number of pyridine rings is 1. The van der Waals surface area contributed by atoms with Crippen molar-refractivity contribution in [2.24, 2.45) is 0 Å². The lowest BCUT2D eigenvalue weighted by molar-refractivity contribution is -0.204. The van der Waals surface area contributed by atoms with E-state index in [1.807, 2.05) is 6.07 Å². The third-order valence-corrected chi connectivity index (χ3v) is 12.4. The highest BCUT2D eigenvalue weighted by Gasteiger charge is 2.65. The summed E-state index contributed by atoms with van der Waals surface area (Å²) in [5.74, 6) is -0.517. The van der Waals surface area contributed by atoms with E-state index in [0.29, 0.717) is 23.6 Å². The fourth-order valence-electron chi connectivity index (χ4n) is 7.55. The van der Waals surface area contributed by atoms with Gasteiger partial charge in [-0.2, -0.15) is 15.6 Å². The third-order valence-electron chi connectivity index (χ3n) is 10.7. The van der Waals surface area contributed by atoms with Crippen LogP contribution in [0.25, 0.3) is 5.52 Å². The molecule has 5 heterocycles. The molecule has 2 N–H and O–H groups in total. The molecule has 2 saturated heterocycles. The first kappa shape index (κ1) is 47.1. The Kier molecular flexibility index (Phi) is 17.0. The van der Waals surface area contributed by atoms with E-state index in [-0.39, 0.29) is 35.5 Å². The van der Waals surface area contributed by atoms with Crippen LogP contribution in [0.15, 0.2) is 61.1 Å². The van der Waals surface area contributed by atoms with Crippen molar-refractivity contribution in [2.45, 2.75) is 134 Å². The Morgan fingerprint density at radius 1 is 0.903 bits per heavy atom. The Labute approximate surface area is 368 Å². The first-order valence-electron chi connectivity index (χ1n) is 21.5. The molecular weight excluding hydrogens is 837 g/mol. The topological polar surface area (TPSA) is 208 Å². The highest BCUT2D eigenvalue weighted by Crippen LogP contribution is 2.55. The fraction of sp³-hybridized carbons (Fsp3) is 0.568. The normalized spacial score (nSPS) is 21.8. The van der Waals surface area contributed by atoms with Crippen LogP contribution in [-0.4, -0.2) is 75.7 Å². The van der Waals surface area contributed by atoms with Gasteiger partial charge in [-0.3, -0.25) is 9.05 Å². The Bertz CT molecular complexity index is 2180. The van der Waals surface area contributed by atoms with Crippen molar-refractivity contribution in [3.05, 3.63) is 77.5 Å². The van der Waals surface area contributed by atoms with E-state index >= 15 is 0 Å².